The second-order valence-corrected chi connectivity index (χ2v) is 8.31. The minimum atomic E-state index is -0.344. The van der Waals surface area contributed by atoms with Crippen LogP contribution < -0.4 is 10.2 Å². The number of nitrogens with one attached hydrogen (secondary N) is 1. The van der Waals surface area contributed by atoms with Crippen LogP contribution in [0.1, 0.15) is 28.8 Å². The van der Waals surface area contributed by atoms with E-state index in [0.29, 0.717) is 27.3 Å². The zero-order valence-electron chi connectivity index (χ0n) is 16.1. The van der Waals surface area contributed by atoms with E-state index < -0.39 is 0 Å². The molecule has 1 saturated heterocycles. The van der Waals surface area contributed by atoms with Crippen LogP contribution in [0.25, 0.3) is 0 Å². The summed E-state index contributed by atoms with van der Waals surface area (Å²) in [5.74, 6) is 0.881. The molecule has 3 aromatic rings. The summed E-state index contributed by atoms with van der Waals surface area (Å²) >= 11 is 7.68. The molecule has 0 radical (unpaired) electrons. The Bertz CT molecular complexity index is 1040. The molecule has 30 heavy (non-hydrogen) atoms. The van der Waals surface area contributed by atoms with Crippen LogP contribution in [0.15, 0.2) is 59.8 Å². The summed E-state index contributed by atoms with van der Waals surface area (Å²) in [6.45, 7) is 1.98. The van der Waals surface area contributed by atoms with Crippen molar-refractivity contribution < 1.29 is 9.18 Å². The van der Waals surface area contributed by atoms with E-state index >= 15 is 0 Å². The van der Waals surface area contributed by atoms with Gasteiger partial charge in [-0.1, -0.05) is 35.5 Å². The molecule has 2 aromatic carbocycles. The number of anilines is 2. The van der Waals surface area contributed by atoms with Crippen LogP contribution in [0, 0.1) is 5.82 Å². The van der Waals surface area contributed by atoms with E-state index in [1.54, 1.807) is 12.1 Å². The molecular weight excluding hydrogens is 423 g/mol. The van der Waals surface area contributed by atoms with Crippen LogP contribution in [-0.2, 0) is 5.75 Å². The first kappa shape index (κ1) is 20.6. The molecule has 1 aromatic heterocycles. The molecule has 8 heteroatoms. The first-order valence-corrected chi connectivity index (χ1v) is 11.0. The Labute approximate surface area is 183 Å². The predicted molar refractivity (Wildman–Crippen MR) is 119 cm³/mol. The highest BCUT2D eigenvalue weighted by atomic mass is 35.5. The fourth-order valence-electron chi connectivity index (χ4n) is 3.24. The average Bonchev–Trinajstić information content (AvgIpc) is 3.29. The van der Waals surface area contributed by atoms with Crippen LogP contribution in [0.2, 0.25) is 5.15 Å². The van der Waals surface area contributed by atoms with Gasteiger partial charge >= 0.3 is 0 Å². The van der Waals surface area contributed by atoms with Crippen LogP contribution in [0.4, 0.5) is 15.9 Å². The van der Waals surface area contributed by atoms with Gasteiger partial charge in [-0.05, 0) is 54.8 Å². The van der Waals surface area contributed by atoms with Gasteiger partial charge < -0.3 is 10.2 Å². The van der Waals surface area contributed by atoms with Crippen LogP contribution in [0.3, 0.4) is 0 Å². The van der Waals surface area contributed by atoms with Gasteiger partial charge in [0.15, 0.2) is 5.16 Å². The summed E-state index contributed by atoms with van der Waals surface area (Å²) in [5, 5.41) is 3.82. The highest BCUT2D eigenvalue weighted by molar-refractivity contribution is 7.98. The number of thioether (sulfide) groups is 1. The van der Waals surface area contributed by atoms with E-state index in [0.717, 1.165) is 37.3 Å². The fraction of sp³-hybridized carbons (Fsp3) is 0.227. The van der Waals surface area contributed by atoms with Gasteiger partial charge in [-0.2, -0.15) is 0 Å². The standard InChI is InChI=1S/C22H20ClFN4OS/c23-19-13-20(28-10-1-2-11-28)27-22(26-19)30-14-15-4-3-5-16(12-15)21(29)25-18-8-6-17(24)7-9-18/h3-9,12-13H,1-2,10-11,14H2,(H,25,29). The first-order chi connectivity index (χ1) is 14.6. The Morgan fingerprint density at radius 3 is 2.63 bits per heavy atom. The Kier molecular flexibility index (Phi) is 6.50. The lowest BCUT2D eigenvalue weighted by atomic mass is 10.1. The third-order valence-electron chi connectivity index (χ3n) is 4.75. The van der Waals surface area contributed by atoms with Gasteiger partial charge in [-0.3, -0.25) is 4.79 Å². The number of aromatic nitrogens is 2. The highest BCUT2D eigenvalue weighted by Gasteiger charge is 2.16. The molecule has 1 fully saturated rings. The third-order valence-corrected chi connectivity index (χ3v) is 5.86. The Balaban J connectivity index is 1.42. The lowest BCUT2D eigenvalue weighted by Gasteiger charge is -2.16. The minimum absolute atomic E-state index is 0.246. The normalized spacial score (nSPS) is 13.5. The van der Waals surface area contributed by atoms with Crippen LogP contribution in [0.5, 0.6) is 0 Å². The zero-order chi connectivity index (χ0) is 20.9. The summed E-state index contributed by atoms with van der Waals surface area (Å²) in [7, 11) is 0. The van der Waals surface area contributed by atoms with E-state index in [4.69, 9.17) is 11.6 Å². The monoisotopic (exact) mass is 442 g/mol. The molecule has 4 rings (SSSR count). The molecule has 0 aliphatic carbocycles. The van der Waals surface area contributed by atoms with Crippen molar-refractivity contribution in [3.05, 3.63) is 76.7 Å². The maximum absolute atomic E-state index is 13.0. The summed E-state index contributed by atoms with van der Waals surface area (Å²) in [6, 6.07) is 14.8. The molecule has 0 bridgehead atoms. The number of benzene rings is 2. The van der Waals surface area contributed by atoms with Gasteiger partial charge in [0.25, 0.3) is 5.91 Å². The van der Waals surface area contributed by atoms with Crippen LogP contribution in [-0.4, -0.2) is 29.0 Å². The number of nitrogens with zero attached hydrogens (tertiary/aromatic N) is 3. The molecule has 1 aliphatic rings. The summed E-state index contributed by atoms with van der Waals surface area (Å²) in [6.07, 6.45) is 2.33. The summed E-state index contributed by atoms with van der Waals surface area (Å²) < 4.78 is 13.0. The lowest BCUT2D eigenvalue weighted by Crippen LogP contribution is -2.19. The SMILES string of the molecule is O=C(Nc1ccc(F)cc1)c1cccc(CSc2nc(Cl)cc(N3CCCC3)n2)c1. The van der Waals surface area contributed by atoms with Crippen molar-refractivity contribution in [3.63, 3.8) is 0 Å². The van der Waals surface area contributed by atoms with Crippen molar-refractivity contribution in [2.45, 2.75) is 23.8 Å². The van der Waals surface area contributed by atoms with Crippen molar-refractivity contribution >= 4 is 40.8 Å². The molecule has 2 heterocycles. The topological polar surface area (TPSA) is 58.1 Å². The Morgan fingerprint density at radius 1 is 1.10 bits per heavy atom. The van der Waals surface area contributed by atoms with Crippen molar-refractivity contribution in [2.24, 2.45) is 0 Å². The summed E-state index contributed by atoms with van der Waals surface area (Å²) in [5.41, 5.74) is 2.04. The van der Waals surface area contributed by atoms with Crippen molar-refractivity contribution in [1.29, 1.82) is 0 Å². The van der Waals surface area contributed by atoms with Crippen LogP contribution >= 0.6 is 23.4 Å². The van der Waals surface area contributed by atoms with Crippen molar-refractivity contribution in [1.82, 2.24) is 9.97 Å². The molecule has 5 nitrogen and oxygen atoms in total. The fourth-order valence-corrected chi connectivity index (χ4v) is 4.27. The number of carbonyl (C=O) groups excluding carboxylic acids is 1. The Morgan fingerprint density at radius 2 is 1.87 bits per heavy atom. The molecular formula is C22H20ClFN4OS. The van der Waals surface area contributed by atoms with Gasteiger partial charge in [0.2, 0.25) is 0 Å². The van der Waals surface area contributed by atoms with Crippen molar-refractivity contribution in [3.8, 4) is 0 Å². The van der Waals surface area contributed by atoms with Crippen molar-refractivity contribution in [2.75, 3.05) is 23.3 Å². The first-order valence-electron chi connectivity index (χ1n) is 9.65. The maximum Gasteiger partial charge on any atom is 0.255 e. The van der Waals surface area contributed by atoms with Gasteiger partial charge in [0.05, 0.1) is 0 Å². The molecule has 0 atom stereocenters. The third kappa shape index (κ3) is 5.29. The van der Waals surface area contributed by atoms with E-state index in [1.165, 1.54) is 36.0 Å². The molecule has 0 saturated carbocycles. The Hall–Kier alpha value is -2.64. The predicted octanol–water partition coefficient (Wildman–Crippen LogP) is 5.41. The lowest BCUT2D eigenvalue weighted by molar-refractivity contribution is 0.102. The number of carbonyl (C=O) groups is 1. The van der Waals surface area contributed by atoms with Gasteiger partial charge in [0.1, 0.15) is 16.8 Å². The zero-order valence-corrected chi connectivity index (χ0v) is 17.7. The summed E-state index contributed by atoms with van der Waals surface area (Å²) in [4.78, 5) is 23.7. The number of rotatable bonds is 6. The minimum Gasteiger partial charge on any atom is -0.356 e. The molecule has 1 aliphatic heterocycles. The number of hydrogen-bond acceptors (Lipinski definition) is 5. The molecule has 1 N–H and O–H groups in total. The van der Waals surface area contributed by atoms with E-state index in [-0.39, 0.29) is 11.7 Å². The largest absolute Gasteiger partial charge is 0.356 e. The maximum atomic E-state index is 13.0. The quantitative estimate of drug-likeness (QED) is 0.314. The van der Waals surface area contributed by atoms with E-state index in [1.807, 2.05) is 18.2 Å². The molecule has 0 unspecified atom stereocenters. The van der Waals surface area contributed by atoms with E-state index in [9.17, 15) is 9.18 Å². The molecule has 0 spiro atoms. The smallest absolute Gasteiger partial charge is 0.255 e. The highest BCUT2D eigenvalue weighted by Crippen LogP contribution is 2.26. The molecule has 154 valence electrons. The second kappa shape index (κ2) is 9.45. The van der Waals surface area contributed by atoms with Gasteiger partial charge in [-0.15, -0.1) is 0 Å². The number of halogens is 2. The van der Waals surface area contributed by atoms with Gasteiger partial charge in [0, 0.05) is 36.2 Å². The number of hydrogen-bond donors (Lipinski definition) is 1. The van der Waals surface area contributed by atoms with Gasteiger partial charge in [-0.25, -0.2) is 14.4 Å². The number of amides is 1. The van der Waals surface area contributed by atoms with E-state index in [2.05, 4.69) is 20.2 Å². The molecule has 1 amide bonds. The second-order valence-electron chi connectivity index (χ2n) is 6.98. The average molecular weight is 443 g/mol.